The number of methoxy groups -OCH3 is 1. The van der Waals surface area contributed by atoms with Gasteiger partial charge in [-0.05, 0) is 25.2 Å². The summed E-state index contributed by atoms with van der Waals surface area (Å²) in [4.78, 5) is 19.8. The van der Waals surface area contributed by atoms with Gasteiger partial charge in [0, 0.05) is 13.3 Å². The molecule has 1 atom stereocenters. The average Bonchev–Trinajstić information content (AvgIpc) is 2.48. The van der Waals surface area contributed by atoms with Gasteiger partial charge in [0.15, 0.2) is 5.82 Å². The summed E-state index contributed by atoms with van der Waals surface area (Å²) >= 11 is 0. The Labute approximate surface area is 119 Å². The quantitative estimate of drug-likeness (QED) is 0.896. The van der Waals surface area contributed by atoms with Crippen LogP contribution in [0.2, 0.25) is 0 Å². The Morgan fingerprint density at radius 3 is 2.70 bits per heavy atom. The number of carboxylic acid groups (broad SMARTS) is 1. The zero-order valence-corrected chi connectivity index (χ0v) is 12.1. The zero-order valence-electron chi connectivity index (χ0n) is 12.1. The number of aromatic nitrogens is 2. The lowest BCUT2D eigenvalue weighted by molar-refractivity contribution is 0.0286. The predicted octanol–water partition coefficient (Wildman–Crippen LogP) is 3.01. The second kappa shape index (κ2) is 6.79. The number of aromatic carboxylic acids is 1. The van der Waals surface area contributed by atoms with Gasteiger partial charge in [-0.15, -0.1) is 0 Å². The van der Waals surface area contributed by atoms with Gasteiger partial charge in [-0.25, -0.2) is 14.8 Å². The summed E-state index contributed by atoms with van der Waals surface area (Å²) < 4.78 is 5.60. The van der Waals surface area contributed by atoms with Crippen molar-refractivity contribution in [3.63, 3.8) is 0 Å². The summed E-state index contributed by atoms with van der Waals surface area (Å²) in [6.07, 6.45) is 7.86. The first-order chi connectivity index (χ1) is 9.67. The van der Waals surface area contributed by atoms with E-state index < -0.39 is 5.97 Å². The van der Waals surface area contributed by atoms with Gasteiger partial charge in [0.1, 0.15) is 6.10 Å². The van der Waals surface area contributed by atoms with E-state index in [9.17, 15) is 4.79 Å². The lowest BCUT2D eigenvalue weighted by Gasteiger charge is -2.28. The number of rotatable bonds is 5. The fourth-order valence-corrected chi connectivity index (χ4v) is 2.96. The lowest BCUT2D eigenvalue weighted by atomic mass is 9.85. The second-order valence-corrected chi connectivity index (χ2v) is 5.30. The van der Waals surface area contributed by atoms with E-state index in [0.29, 0.717) is 23.9 Å². The number of nitrogens with zero attached hydrogens (tertiary/aromatic N) is 2. The third-order valence-electron chi connectivity index (χ3n) is 4.04. The molecule has 1 saturated carbocycles. The minimum absolute atomic E-state index is 0.122. The highest BCUT2D eigenvalue weighted by atomic mass is 16.5. The van der Waals surface area contributed by atoms with Crippen LogP contribution in [0, 0.1) is 5.92 Å². The van der Waals surface area contributed by atoms with E-state index in [0.717, 1.165) is 12.8 Å². The number of carbonyl (C=O) groups is 1. The van der Waals surface area contributed by atoms with Crippen molar-refractivity contribution < 1.29 is 14.6 Å². The molecule has 0 aromatic carbocycles. The van der Waals surface area contributed by atoms with Gasteiger partial charge in [0.05, 0.1) is 11.3 Å². The zero-order chi connectivity index (χ0) is 14.5. The maximum absolute atomic E-state index is 11.1. The third-order valence-corrected chi connectivity index (χ3v) is 4.04. The van der Waals surface area contributed by atoms with E-state index in [4.69, 9.17) is 9.84 Å². The van der Waals surface area contributed by atoms with E-state index >= 15 is 0 Å². The molecule has 5 nitrogen and oxygen atoms in total. The minimum atomic E-state index is -0.972. The molecule has 20 heavy (non-hydrogen) atoms. The standard InChI is InChI=1S/C15H22N2O3/c1-3-12-11(15(18)19)9-16-14(17-12)13(20-2)10-7-5-4-6-8-10/h9-10,13H,3-8H2,1-2H3,(H,18,19). The molecule has 0 amide bonds. The summed E-state index contributed by atoms with van der Waals surface area (Å²) in [6.45, 7) is 1.90. The Morgan fingerprint density at radius 1 is 1.45 bits per heavy atom. The van der Waals surface area contributed by atoms with Crippen LogP contribution in [0.25, 0.3) is 0 Å². The van der Waals surface area contributed by atoms with Crippen LogP contribution in [-0.2, 0) is 11.2 Å². The fraction of sp³-hybridized carbons (Fsp3) is 0.667. The first-order valence-electron chi connectivity index (χ1n) is 7.29. The maximum atomic E-state index is 11.1. The van der Waals surface area contributed by atoms with Crippen molar-refractivity contribution >= 4 is 5.97 Å². The van der Waals surface area contributed by atoms with E-state index in [1.807, 2.05) is 6.92 Å². The largest absolute Gasteiger partial charge is 0.478 e. The Balaban J connectivity index is 2.27. The maximum Gasteiger partial charge on any atom is 0.339 e. The molecule has 110 valence electrons. The molecular formula is C15H22N2O3. The topological polar surface area (TPSA) is 72.3 Å². The lowest BCUT2D eigenvalue weighted by Crippen LogP contribution is -2.21. The molecule has 2 rings (SSSR count). The number of ether oxygens (including phenoxy) is 1. The first-order valence-corrected chi connectivity index (χ1v) is 7.29. The highest BCUT2D eigenvalue weighted by molar-refractivity contribution is 5.88. The van der Waals surface area contributed by atoms with Crippen LogP contribution < -0.4 is 0 Å². The van der Waals surface area contributed by atoms with E-state index in [1.54, 1.807) is 7.11 Å². The number of hydrogen-bond acceptors (Lipinski definition) is 4. The number of hydrogen-bond donors (Lipinski definition) is 1. The van der Waals surface area contributed by atoms with Crippen molar-refractivity contribution in [3.05, 3.63) is 23.3 Å². The molecule has 0 saturated heterocycles. The van der Waals surface area contributed by atoms with Crippen LogP contribution in [-0.4, -0.2) is 28.2 Å². The van der Waals surface area contributed by atoms with Crippen molar-refractivity contribution in [1.82, 2.24) is 9.97 Å². The molecule has 1 aromatic rings. The molecule has 0 bridgehead atoms. The van der Waals surface area contributed by atoms with Gasteiger partial charge in [0.25, 0.3) is 0 Å². The van der Waals surface area contributed by atoms with Gasteiger partial charge in [-0.1, -0.05) is 26.2 Å². The molecule has 1 aliphatic rings. The molecule has 1 fully saturated rings. The van der Waals surface area contributed by atoms with E-state index in [2.05, 4.69) is 9.97 Å². The Kier molecular flexibility index (Phi) is 5.06. The molecule has 1 unspecified atom stereocenters. The van der Waals surface area contributed by atoms with Gasteiger partial charge in [0.2, 0.25) is 0 Å². The predicted molar refractivity (Wildman–Crippen MR) is 74.7 cm³/mol. The summed E-state index contributed by atoms with van der Waals surface area (Å²) in [5, 5.41) is 9.12. The van der Waals surface area contributed by atoms with Crippen molar-refractivity contribution in [2.75, 3.05) is 7.11 Å². The Bertz CT molecular complexity index is 470. The highest BCUT2D eigenvalue weighted by Crippen LogP contribution is 2.35. The SMILES string of the molecule is CCc1nc(C(OC)C2CCCCC2)ncc1C(=O)O. The summed E-state index contributed by atoms with van der Waals surface area (Å²) in [5.74, 6) is 0.0930. The van der Waals surface area contributed by atoms with Gasteiger partial charge >= 0.3 is 5.97 Å². The third kappa shape index (κ3) is 3.15. The van der Waals surface area contributed by atoms with Gasteiger partial charge < -0.3 is 9.84 Å². The van der Waals surface area contributed by atoms with E-state index in [1.165, 1.54) is 25.5 Å². The first kappa shape index (κ1) is 14.9. The summed E-state index contributed by atoms with van der Waals surface area (Å²) in [7, 11) is 1.68. The summed E-state index contributed by atoms with van der Waals surface area (Å²) in [6, 6.07) is 0. The van der Waals surface area contributed by atoms with Crippen molar-refractivity contribution in [2.45, 2.75) is 51.6 Å². The van der Waals surface area contributed by atoms with Crippen LogP contribution in [0.3, 0.4) is 0 Å². The molecule has 0 radical (unpaired) electrons. The van der Waals surface area contributed by atoms with Crippen molar-refractivity contribution in [3.8, 4) is 0 Å². The van der Waals surface area contributed by atoms with Gasteiger partial charge in [-0.3, -0.25) is 0 Å². The van der Waals surface area contributed by atoms with Gasteiger partial charge in [-0.2, -0.15) is 0 Å². The highest BCUT2D eigenvalue weighted by Gasteiger charge is 2.28. The van der Waals surface area contributed by atoms with Crippen LogP contribution in [0.15, 0.2) is 6.20 Å². The normalized spacial score (nSPS) is 17.9. The van der Waals surface area contributed by atoms with Crippen LogP contribution in [0.1, 0.15) is 67.0 Å². The Morgan fingerprint density at radius 2 is 2.15 bits per heavy atom. The number of aryl methyl sites for hydroxylation is 1. The van der Waals surface area contributed by atoms with Crippen molar-refractivity contribution in [2.24, 2.45) is 5.92 Å². The van der Waals surface area contributed by atoms with E-state index in [-0.39, 0.29) is 11.7 Å². The molecule has 0 aliphatic heterocycles. The molecular weight excluding hydrogens is 256 g/mol. The fourth-order valence-electron chi connectivity index (χ4n) is 2.96. The monoisotopic (exact) mass is 278 g/mol. The molecule has 1 aliphatic carbocycles. The van der Waals surface area contributed by atoms with Crippen LogP contribution in [0.5, 0.6) is 0 Å². The smallest absolute Gasteiger partial charge is 0.339 e. The molecule has 5 heteroatoms. The molecule has 1 N–H and O–H groups in total. The van der Waals surface area contributed by atoms with Crippen LogP contribution in [0.4, 0.5) is 0 Å². The molecule has 1 heterocycles. The Hall–Kier alpha value is -1.49. The summed E-state index contributed by atoms with van der Waals surface area (Å²) in [5.41, 5.74) is 0.773. The number of carboxylic acids is 1. The average molecular weight is 278 g/mol. The molecule has 1 aromatic heterocycles. The van der Waals surface area contributed by atoms with Crippen molar-refractivity contribution in [1.29, 1.82) is 0 Å². The minimum Gasteiger partial charge on any atom is -0.478 e. The molecule has 0 spiro atoms. The van der Waals surface area contributed by atoms with Crippen LogP contribution >= 0.6 is 0 Å². The second-order valence-electron chi connectivity index (χ2n) is 5.30.